The number of para-hydroxylation sites is 2. The number of esters is 3. The Morgan fingerprint density at radius 1 is 0.323 bits per heavy atom. The average Bonchev–Trinajstić information content (AvgIpc) is 0.918. The first-order valence-electron chi connectivity index (χ1n) is 36.9. The fraction of sp³-hybridized carbons (Fsp3) is 0.541. The fourth-order valence-corrected chi connectivity index (χ4v) is 11.7. The second-order valence-corrected chi connectivity index (χ2v) is 26.8. The normalized spacial score (nSPS) is 11.9. The van der Waals surface area contributed by atoms with Crippen LogP contribution >= 0.6 is 0 Å². The van der Waals surface area contributed by atoms with E-state index in [0.717, 1.165) is 136 Å². The van der Waals surface area contributed by atoms with Crippen LogP contribution in [0.5, 0.6) is 28.7 Å². The van der Waals surface area contributed by atoms with Crippen LogP contribution in [-0.4, -0.2) is 147 Å². The maximum Gasteiger partial charge on any atom is 0.306 e. The largest absolute Gasteiger partial charge is 0.497 e. The smallest absolute Gasteiger partial charge is 0.306 e. The highest BCUT2D eigenvalue weighted by atomic mass is 16.6. The van der Waals surface area contributed by atoms with Gasteiger partial charge in [-0.1, -0.05) is 195 Å². The molecule has 0 radical (unpaired) electrons. The number of rotatable bonds is 48. The van der Waals surface area contributed by atoms with Crippen LogP contribution in [0.15, 0.2) is 146 Å². The third-order valence-electron chi connectivity index (χ3n) is 17.2. The molecule has 0 bridgehead atoms. The predicted octanol–water partition coefficient (Wildman–Crippen LogP) is 17.6. The summed E-state index contributed by atoms with van der Waals surface area (Å²) in [6.45, 7) is 9.31. The third-order valence-corrected chi connectivity index (χ3v) is 17.2. The van der Waals surface area contributed by atoms with E-state index in [1.807, 2.05) is 125 Å². The van der Waals surface area contributed by atoms with Gasteiger partial charge in [0.1, 0.15) is 60.3 Å². The topological polar surface area (TPSA) is 135 Å². The van der Waals surface area contributed by atoms with Gasteiger partial charge >= 0.3 is 17.9 Å². The minimum Gasteiger partial charge on any atom is -0.497 e. The molecule has 3 atom stereocenters. The van der Waals surface area contributed by atoms with E-state index in [0.29, 0.717) is 45.6 Å². The van der Waals surface area contributed by atoms with Gasteiger partial charge in [0, 0.05) is 38.9 Å². The second-order valence-electron chi connectivity index (χ2n) is 26.8. The molecule has 0 fully saturated rings. The molecular weight excluding hydrogens is 1240 g/mol. The molecule has 2 unspecified atom stereocenters. The van der Waals surface area contributed by atoms with Crippen molar-refractivity contribution in [2.45, 2.75) is 206 Å². The minimum absolute atomic E-state index is 0.0549. The van der Waals surface area contributed by atoms with E-state index in [9.17, 15) is 14.4 Å². The van der Waals surface area contributed by atoms with Crippen LogP contribution in [0.3, 0.4) is 0 Å². The van der Waals surface area contributed by atoms with Crippen LogP contribution in [0.1, 0.15) is 182 Å². The van der Waals surface area contributed by atoms with Crippen molar-refractivity contribution in [3.05, 3.63) is 185 Å². The van der Waals surface area contributed by atoms with Crippen LogP contribution < -0.4 is 23.7 Å². The lowest BCUT2D eigenvalue weighted by molar-refractivity contribution is -0.152. The zero-order valence-corrected chi connectivity index (χ0v) is 62.8. The Morgan fingerprint density at radius 2 is 0.606 bits per heavy atom. The number of carbonyl (C=O) groups is 3. The van der Waals surface area contributed by atoms with Gasteiger partial charge in [0.25, 0.3) is 0 Å². The lowest BCUT2D eigenvalue weighted by Gasteiger charge is -2.22. The van der Waals surface area contributed by atoms with Gasteiger partial charge in [0.2, 0.25) is 0 Å². The van der Waals surface area contributed by atoms with Crippen molar-refractivity contribution in [2.75, 3.05) is 96.5 Å². The van der Waals surface area contributed by atoms with Gasteiger partial charge in [0.05, 0.1) is 21.3 Å². The number of hydrogen-bond acceptors (Lipinski definition) is 14. The standard InChI is InChI=1S/C29H43NO4.C28H41NO4.C28H41NO3/c1-5-6-7-8-9-10-15-29(31)34-27(22-30(2)3)23-33-28-14-12-11-13-25(28)19-16-24-17-20-26(32-4)21-18-24;1-5-6-7-8-9-14-28(30)33-26(21-29(2)3)22-32-27-13-11-10-12-24(27)18-15-23-16-19-25(31-4)20-17-23;1-5-6-7-8-13-28(30)32-27(22-29(2)3)21-18-25-12-10-9-11-24(25)17-14-23-15-19-26(31-4)20-16-23/h11-14,17-18,20-21,27H,5-10,15-16,19,22-23H2,1-4H3;10-13,16-17,19-20,26H,5-9,14-15,18,21-22H2,1-4H3;9-12,15-16,19-20,27H,5-8,13-14,17-18,21-22H2,1-4H3/t;;27-/m..1/s1. The predicted molar refractivity (Wildman–Crippen MR) is 405 cm³/mol. The van der Waals surface area contributed by atoms with E-state index in [4.69, 9.17) is 37.9 Å². The van der Waals surface area contributed by atoms with Crippen molar-refractivity contribution in [2.24, 2.45) is 0 Å². The van der Waals surface area contributed by atoms with E-state index in [1.54, 1.807) is 21.3 Å². The van der Waals surface area contributed by atoms with E-state index in [-0.39, 0.29) is 36.2 Å². The maximum atomic E-state index is 12.4. The molecule has 6 rings (SSSR count). The first-order valence-corrected chi connectivity index (χ1v) is 36.9. The lowest BCUT2D eigenvalue weighted by atomic mass is 9.96. The van der Waals surface area contributed by atoms with E-state index < -0.39 is 0 Å². The molecule has 0 saturated carbocycles. The van der Waals surface area contributed by atoms with Gasteiger partial charge in [-0.05, 0) is 200 Å². The molecule has 0 aromatic heterocycles. The number of hydrogen-bond donors (Lipinski definition) is 0. The van der Waals surface area contributed by atoms with Gasteiger partial charge in [-0.25, -0.2) is 0 Å². The molecule has 0 spiro atoms. The third kappa shape index (κ3) is 38.1. The molecule has 0 saturated heterocycles. The number of unbranched alkanes of at least 4 members (excludes halogenated alkanes) is 12. The molecule has 0 N–H and O–H groups in total. The molecule has 6 aromatic rings. The van der Waals surface area contributed by atoms with Crippen molar-refractivity contribution in [1.29, 1.82) is 0 Å². The molecular formula is C85H125N3O11. The first-order chi connectivity index (χ1) is 48.0. The molecule has 0 amide bonds. The van der Waals surface area contributed by atoms with Crippen LogP contribution in [0.25, 0.3) is 0 Å². The molecule has 0 aliphatic heterocycles. The molecule has 99 heavy (non-hydrogen) atoms. The SMILES string of the molecule is CCCCCCC(=O)O[C@H](CCc1ccccc1CCc1ccc(OC)cc1)CN(C)C.CCCCCCCC(=O)OC(COc1ccccc1CCc1ccc(OC)cc1)CN(C)C.CCCCCCCCC(=O)OC(COc1ccccc1CCc1ccc(OC)cc1)CN(C)C. The number of nitrogens with zero attached hydrogens (tertiary/aromatic N) is 3. The Labute approximate surface area is 597 Å². The highest BCUT2D eigenvalue weighted by Crippen LogP contribution is 2.25. The number of benzene rings is 6. The summed E-state index contributed by atoms with van der Waals surface area (Å²) in [6.07, 6.45) is 25.1. The Hall–Kier alpha value is -7.39. The van der Waals surface area contributed by atoms with Crippen molar-refractivity contribution in [3.63, 3.8) is 0 Å². The van der Waals surface area contributed by atoms with Crippen molar-refractivity contribution in [3.8, 4) is 28.7 Å². The summed E-state index contributed by atoms with van der Waals surface area (Å²) in [7, 11) is 17.0. The zero-order chi connectivity index (χ0) is 71.7. The van der Waals surface area contributed by atoms with Crippen LogP contribution in [0, 0.1) is 0 Å². The van der Waals surface area contributed by atoms with Gasteiger partial charge in [-0.3, -0.25) is 14.4 Å². The Morgan fingerprint density at radius 3 is 0.949 bits per heavy atom. The first kappa shape index (κ1) is 84.0. The molecule has 0 heterocycles. The molecule has 546 valence electrons. The number of aryl methyl sites for hydroxylation is 7. The summed E-state index contributed by atoms with van der Waals surface area (Å²) >= 11 is 0. The van der Waals surface area contributed by atoms with Gasteiger partial charge < -0.3 is 52.6 Å². The summed E-state index contributed by atoms with van der Waals surface area (Å²) in [6, 6.07) is 49.5. The lowest BCUT2D eigenvalue weighted by Crippen LogP contribution is -2.35. The number of carbonyl (C=O) groups excluding carboxylic acids is 3. The van der Waals surface area contributed by atoms with Crippen molar-refractivity contribution >= 4 is 17.9 Å². The van der Waals surface area contributed by atoms with Crippen LogP contribution in [0.4, 0.5) is 0 Å². The molecule has 14 heteroatoms. The number of methoxy groups -OCH3 is 3. The van der Waals surface area contributed by atoms with E-state index in [2.05, 4.69) is 98.5 Å². The fourth-order valence-electron chi connectivity index (χ4n) is 11.7. The summed E-state index contributed by atoms with van der Waals surface area (Å²) in [5, 5.41) is 0. The number of likely N-dealkylation sites (N-methyl/N-ethyl adjacent to an activating group) is 3. The summed E-state index contributed by atoms with van der Waals surface area (Å²) < 4.78 is 45.5. The highest BCUT2D eigenvalue weighted by Gasteiger charge is 2.21. The summed E-state index contributed by atoms with van der Waals surface area (Å²) in [5.41, 5.74) is 8.85. The molecule has 6 aromatic carbocycles. The molecule has 0 aliphatic rings. The monoisotopic (exact) mass is 1360 g/mol. The van der Waals surface area contributed by atoms with Crippen molar-refractivity contribution < 1.29 is 52.3 Å². The highest BCUT2D eigenvalue weighted by molar-refractivity contribution is 5.70. The van der Waals surface area contributed by atoms with Gasteiger partial charge in [-0.15, -0.1) is 0 Å². The van der Waals surface area contributed by atoms with Crippen LogP contribution in [-0.2, 0) is 73.5 Å². The molecule has 14 nitrogen and oxygen atoms in total. The zero-order valence-electron chi connectivity index (χ0n) is 62.8. The Balaban J connectivity index is 0.000000315. The van der Waals surface area contributed by atoms with Gasteiger partial charge in [0.15, 0.2) is 0 Å². The molecule has 0 aliphatic carbocycles. The Bertz CT molecular complexity index is 3060. The quantitative estimate of drug-likeness (QED) is 0.0204. The van der Waals surface area contributed by atoms with Gasteiger partial charge in [-0.2, -0.15) is 0 Å². The average molecular weight is 1360 g/mol. The summed E-state index contributed by atoms with van der Waals surface area (Å²) in [4.78, 5) is 43.2. The van der Waals surface area contributed by atoms with E-state index in [1.165, 1.54) is 85.6 Å². The van der Waals surface area contributed by atoms with Crippen LogP contribution in [0.2, 0.25) is 0 Å². The summed E-state index contributed by atoms with van der Waals surface area (Å²) in [5.74, 6) is 4.02. The van der Waals surface area contributed by atoms with E-state index >= 15 is 0 Å². The maximum absolute atomic E-state index is 12.4. The minimum atomic E-state index is -0.294. The Kier molecular flexibility index (Phi) is 43.9. The number of ether oxygens (including phenoxy) is 8. The van der Waals surface area contributed by atoms with Crippen molar-refractivity contribution in [1.82, 2.24) is 14.7 Å². The second kappa shape index (κ2) is 51.7.